The average molecular weight is 393 g/mol. The molecule has 3 aromatic rings. The molecular formula is C19H12F5N3O. The lowest BCUT2D eigenvalue weighted by Crippen LogP contribution is -2.13. The number of carbonyl (C=O) groups excluding carboxylic acids is 1. The molecule has 2 N–H and O–H groups in total. The molecule has 1 heterocycles. The van der Waals surface area contributed by atoms with Crippen LogP contribution in [0.5, 0.6) is 0 Å². The molecule has 1 amide bonds. The minimum Gasteiger partial charge on any atom is -0.335 e. The maximum absolute atomic E-state index is 13.6. The van der Waals surface area contributed by atoms with Crippen molar-refractivity contribution in [2.45, 2.75) is 6.18 Å². The molecule has 0 bridgehead atoms. The van der Waals surface area contributed by atoms with Crippen LogP contribution in [-0.2, 0) is 6.18 Å². The van der Waals surface area contributed by atoms with Crippen molar-refractivity contribution in [1.29, 1.82) is 0 Å². The van der Waals surface area contributed by atoms with E-state index in [-0.39, 0.29) is 17.1 Å². The second kappa shape index (κ2) is 7.63. The Hall–Kier alpha value is -3.49. The minimum absolute atomic E-state index is 0.0320. The van der Waals surface area contributed by atoms with Crippen molar-refractivity contribution in [2.24, 2.45) is 0 Å². The summed E-state index contributed by atoms with van der Waals surface area (Å²) in [6.07, 6.45) is -3.40. The zero-order valence-corrected chi connectivity index (χ0v) is 14.0. The van der Waals surface area contributed by atoms with Gasteiger partial charge in [0.05, 0.1) is 11.1 Å². The quantitative estimate of drug-likeness (QED) is 0.586. The molecule has 0 aliphatic heterocycles. The van der Waals surface area contributed by atoms with Crippen molar-refractivity contribution < 1.29 is 26.7 Å². The SMILES string of the molecule is O=C(Nc1cccc(C(F)(F)F)c1)c1ccc(Nc2c(F)cccc2F)nc1. The standard InChI is InChI=1S/C19H12F5N3O/c20-14-5-2-6-15(21)17(14)27-16-8-7-11(10-25-16)18(28)26-13-4-1-3-12(9-13)19(22,23)24/h1-10H,(H,25,27)(H,26,28). The molecule has 1 aromatic heterocycles. The molecule has 9 heteroatoms. The Labute approximate surface area is 156 Å². The number of rotatable bonds is 4. The van der Waals surface area contributed by atoms with E-state index < -0.39 is 35.0 Å². The molecule has 0 spiro atoms. The molecule has 0 radical (unpaired) electrons. The van der Waals surface area contributed by atoms with Crippen LogP contribution in [0.1, 0.15) is 15.9 Å². The number of hydrogen-bond donors (Lipinski definition) is 2. The van der Waals surface area contributed by atoms with Crippen LogP contribution >= 0.6 is 0 Å². The largest absolute Gasteiger partial charge is 0.416 e. The molecule has 3 rings (SSSR count). The monoisotopic (exact) mass is 393 g/mol. The van der Waals surface area contributed by atoms with Gasteiger partial charge in [0.2, 0.25) is 0 Å². The van der Waals surface area contributed by atoms with E-state index in [4.69, 9.17) is 0 Å². The second-order valence-corrected chi connectivity index (χ2v) is 5.69. The summed E-state index contributed by atoms with van der Waals surface area (Å²) in [5.41, 5.74) is -1.27. The topological polar surface area (TPSA) is 54.0 Å². The van der Waals surface area contributed by atoms with Crippen molar-refractivity contribution in [3.63, 3.8) is 0 Å². The van der Waals surface area contributed by atoms with Crippen LogP contribution in [0.25, 0.3) is 0 Å². The first-order valence-electron chi connectivity index (χ1n) is 7.90. The van der Waals surface area contributed by atoms with E-state index in [2.05, 4.69) is 15.6 Å². The second-order valence-electron chi connectivity index (χ2n) is 5.69. The van der Waals surface area contributed by atoms with Crippen LogP contribution in [0.4, 0.5) is 39.1 Å². The number of alkyl halides is 3. The fourth-order valence-corrected chi connectivity index (χ4v) is 2.32. The van der Waals surface area contributed by atoms with Crippen molar-refractivity contribution in [3.05, 3.63) is 83.6 Å². The van der Waals surface area contributed by atoms with Crippen LogP contribution in [0.15, 0.2) is 60.8 Å². The first-order chi connectivity index (χ1) is 13.2. The van der Waals surface area contributed by atoms with Crippen LogP contribution in [0.2, 0.25) is 0 Å². The zero-order valence-electron chi connectivity index (χ0n) is 14.0. The van der Waals surface area contributed by atoms with Gasteiger partial charge in [0.15, 0.2) is 0 Å². The normalized spacial score (nSPS) is 11.2. The number of nitrogens with one attached hydrogen (secondary N) is 2. The van der Waals surface area contributed by atoms with Gasteiger partial charge in [0, 0.05) is 11.9 Å². The smallest absolute Gasteiger partial charge is 0.335 e. The molecule has 0 atom stereocenters. The Bertz CT molecular complexity index is 983. The molecule has 28 heavy (non-hydrogen) atoms. The summed E-state index contributed by atoms with van der Waals surface area (Å²) in [5, 5.41) is 4.80. The van der Waals surface area contributed by atoms with Crippen LogP contribution in [0.3, 0.4) is 0 Å². The summed E-state index contributed by atoms with van der Waals surface area (Å²) in [6, 6.07) is 10.2. The van der Waals surface area contributed by atoms with Crippen molar-refractivity contribution >= 4 is 23.1 Å². The van der Waals surface area contributed by atoms with Crippen molar-refractivity contribution in [1.82, 2.24) is 4.98 Å². The van der Waals surface area contributed by atoms with E-state index in [9.17, 15) is 26.7 Å². The maximum atomic E-state index is 13.6. The average Bonchev–Trinajstić information content (AvgIpc) is 2.65. The van der Waals surface area contributed by atoms with Gasteiger partial charge in [-0.3, -0.25) is 4.79 Å². The molecule has 0 unspecified atom stereocenters. The highest BCUT2D eigenvalue weighted by Gasteiger charge is 2.30. The molecule has 0 fully saturated rings. The highest BCUT2D eigenvalue weighted by Crippen LogP contribution is 2.30. The molecule has 2 aromatic carbocycles. The number of nitrogens with zero attached hydrogens (tertiary/aromatic N) is 1. The molecule has 0 aliphatic rings. The third kappa shape index (κ3) is 4.43. The van der Waals surface area contributed by atoms with Crippen LogP contribution in [0, 0.1) is 11.6 Å². The number of halogens is 5. The highest BCUT2D eigenvalue weighted by molar-refractivity contribution is 6.04. The van der Waals surface area contributed by atoms with E-state index in [0.29, 0.717) is 0 Å². The first-order valence-corrected chi connectivity index (χ1v) is 7.90. The first kappa shape index (κ1) is 19.3. The number of aromatic nitrogens is 1. The molecule has 0 aliphatic carbocycles. The van der Waals surface area contributed by atoms with Gasteiger partial charge in [0.25, 0.3) is 5.91 Å². The van der Waals surface area contributed by atoms with Crippen molar-refractivity contribution in [2.75, 3.05) is 10.6 Å². The number of anilines is 3. The van der Waals surface area contributed by atoms with Gasteiger partial charge in [-0.15, -0.1) is 0 Å². The molecular weight excluding hydrogens is 381 g/mol. The van der Waals surface area contributed by atoms with Gasteiger partial charge in [0.1, 0.15) is 23.1 Å². The summed E-state index contributed by atoms with van der Waals surface area (Å²) < 4.78 is 65.4. The Morgan fingerprint density at radius 3 is 2.21 bits per heavy atom. The van der Waals surface area contributed by atoms with Gasteiger partial charge >= 0.3 is 6.18 Å². The molecule has 0 saturated carbocycles. The minimum atomic E-state index is -4.53. The summed E-state index contributed by atoms with van der Waals surface area (Å²) in [7, 11) is 0. The summed E-state index contributed by atoms with van der Waals surface area (Å²) >= 11 is 0. The summed E-state index contributed by atoms with van der Waals surface area (Å²) in [5.74, 6) is -2.23. The van der Waals surface area contributed by atoms with E-state index in [0.717, 1.165) is 30.5 Å². The number of pyridine rings is 1. The third-order valence-electron chi connectivity index (χ3n) is 3.69. The van der Waals surface area contributed by atoms with E-state index in [1.165, 1.54) is 30.3 Å². The zero-order chi connectivity index (χ0) is 20.3. The van der Waals surface area contributed by atoms with Gasteiger partial charge in [-0.1, -0.05) is 12.1 Å². The van der Waals surface area contributed by atoms with E-state index in [1.807, 2.05) is 0 Å². The third-order valence-corrected chi connectivity index (χ3v) is 3.69. The van der Waals surface area contributed by atoms with Gasteiger partial charge in [-0.05, 0) is 42.5 Å². The van der Waals surface area contributed by atoms with Crippen LogP contribution in [-0.4, -0.2) is 10.9 Å². The number of para-hydroxylation sites is 1. The fourth-order valence-electron chi connectivity index (χ4n) is 2.32. The van der Waals surface area contributed by atoms with E-state index >= 15 is 0 Å². The Morgan fingerprint density at radius 2 is 1.61 bits per heavy atom. The van der Waals surface area contributed by atoms with E-state index in [1.54, 1.807) is 0 Å². The lowest BCUT2D eigenvalue weighted by Gasteiger charge is -2.10. The number of amides is 1. The Morgan fingerprint density at radius 1 is 0.929 bits per heavy atom. The lowest BCUT2D eigenvalue weighted by atomic mass is 10.2. The van der Waals surface area contributed by atoms with Crippen molar-refractivity contribution in [3.8, 4) is 0 Å². The maximum Gasteiger partial charge on any atom is 0.416 e. The summed E-state index contributed by atoms with van der Waals surface area (Å²) in [6.45, 7) is 0. The number of carbonyl (C=O) groups is 1. The Kier molecular flexibility index (Phi) is 5.25. The Balaban J connectivity index is 1.72. The fraction of sp³-hybridized carbons (Fsp3) is 0.0526. The molecule has 0 saturated heterocycles. The molecule has 144 valence electrons. The molecule has 4 nitrogen and oxygen atoms in total. The van der Waals surface area contributed by atoms with Gasteiger partial charge in [-0.2, -0.15) is 13.2 Å². The van der Waals surface area contributed by atoms with Crippen LogP contribution < -0.4 is 10.6 Å². The lowest BCUT2D eigenvalue weighted by molar-refractivity contribution is -0.137. The van der Waals surface area contributed by atoms with Gasteiger partial charge in [-0.25, -0.2) is 13.8 Å². The summed E-state index contributed by atoms with van der Waals surface area (Å²) in [4.78, 5) is 16.1. The predicted octanol–water partition coefficient (Wildman–Crippen LogP) is 5.37. The number of hydrogen-bond acceptors (Lipinski definition) is 3. The highest BCUT2D eigenvalue weighted by atomic mass is 19.4. The number of benzene rings is 2. The van der Waals surface area contributed by atoms with Gasteiger partial charge < -0.3 is 10.6 Å². The predicted molar refractivity (Wildman–Crippen MR) is 93.3 cm³/mol.